The maximum absolute atomic E-state index is 12.0. The third kappa shape index (κ3) is 3.66. The van der Waals surface area contributed by atoms with Crippen molar-refractivity contribution in [2.24, 2.45) is 0 Å². The van der Waals surface area contributed by atoms with Gasteiger partial charge in [-0.2, -0.15) is 0 Å². The first-order valence-corrected chi connectivity index (χ1v) is 8.30. The van der Waals surface area contributed by atoms with Crippen LogP contribution in [0, 0.1) is 0 Å². The van der Waals surface area contributed by atoms with Crippen LogP contribution in [0.2, 0.25) is 5.02 Å². The fourth-order valence-corrected chi connectivity index (χ4v) is 2.76. The van der Waals surface area contributed by atoms with Crippen molar-refractivity contribution >= 4 is 35.0 Å². The van der Waals surface area contributed by atoms with E-state index >= 15 is 0 Å². The summed E-state index contributed by atoms with van der Waals surface area (Å²) in [6.07, 6.45) is 1.65. The monoisotopic (exact) mass is 360 g/mol. The molecule has 3 rings (SSSR count). The van der Waals surface area contributed by atoms with Crippen LogP contribution in [0.3, 0.4) is 0 Å². The number of nitrogens with zero attached hydrogens (tertiary/aromatic N) is 4. The third-order valence-electron chi connectivity index (χ3n) is 3.04. The first kappa shape index (κ1) is 16.3. The lowest BCUT2D eigenvalue weighted by molar-refractivity contribution is -0.113. The van der Waals surface area contributed by atoms with E-state index in [1.165, 1.54) is 16.4 Å². The molecular formula is C15H13ClN6OS. The summed E-state index contributed by atoms with van der Waals surface area (Å²) in [6.45, 7) is 0. The Morgan fingerprint density at radius 3 is 2.75 bits per heavy atom. The predicted molar refractivity (Wildman–Crippen MR) is 94.2 cm³/mol. The number of thioether (sulfide) groups is 1. The van der Waals surface area contributed by atoms with Gasteiger partial charge >= 0.3 is 0 Å². The second-order valence-electron chi connectivity index (χ2n) is 4.71. The number of nitrogen functional groups attached to an aromatic ring is 1. The van der Waals surface area contributed by atoms with E-state index in [1.807, 2.05) is 6.07 Å². The zero-order valence-corrected chi connectivity index (χ0v) is 14.0. The zero-order valence-electron chi connectivity index (χ0n) is 12.4. The van der Waals surface area contributed by atoms with E-state index in [4.69, 9.17) is 17.4 Å². The Bertz CT molecular complexity index is 854. The Labute approximate surface area is 147 Å². The van der Waals surface area contributed by atoms with Crippen LogP contribution >= 0.6 is 23.4 Å². The van der Waals surface area contributed by atoms with Crippen molar-refractivity contribution in [3.63, 3.8) is 0 Å². The van der Waals surface area contributed by atoms with Gasteiger partial charge in [0.15, 0.2) is 0 Å². The van der Waals surface area contributed by atoms with Gasteiger partial charge in [-0.1, -0.05) is 41.6 Å². The molecule has 0 unspecified atom stereocenters. The number of para-hydroxylation sites is 1. The van der Waals surface area contributed by atoms with Crippen LogP contribution < -0.4 is 11.2 Å². The number of nitrogens with one attached hydrogen (secondary N) is 1. The lowest BCUT2D eigenvalue weighted by Crippen LogP contribution is -2.16. The van der Waals surface area contributed by atoms with Crippen LogP contribution in [0.15, 0.2) is 53.8 Å². The molecule has 0 fully saturated rings. The average molecular weight is 361 g/mol. The molecule has 2 heterocycles. The molecule has 3 N–H and O–H groups in total. The summed E-state index contributed by atoms with van der Waals surface area (Å²) >= 11 is 7.18. The highest BCUT2D eigenvalue weighted by Gasteiger charge is 2.14. The molecule has 0 atom stereocenters. The summed E-state index contributed by atoms with van der Waals surface area (Å²) in [7, 11) is 0. The Morgan fingerprint density at radius 1 is 1.21 bits per heavy atom. The second-order valence-corrected chi connectivity index (χ2v) is 6.06. The number of pyridine rings is 1. The fraction of sp³-hybridized carbons (Fsp3) is 0.0667. The van der Waals surface area contributed by atoms with Crippen LogP contribution in [0.1, 0.15) is 0 Å². The van der Waals surface area contributed by atoms with Crippen LogP contribution in [0.25, 0.3) is 11.5 Å². The lowest BCUT2D eigenvalue weighted by Gasteiger charge is -2.06. The van der Waals surface area contributed by atoms with Crippen LogP contribution in [-0.2, 0) is 4.79 Å². The highest BCUT2D eigenvalue weighted by molar-refractivity contribution is 7.99. The SMILES string of the molecule is Nn1c(SCC(=O)Nc2ccccc2Cl)nnc1-c1ccccn1. The van der Waals surface area contributed by atoms with Crippen molar-refractivity contribution in [2.45, 2.75) is 5.16 Å². The summed E-state index contributed by atoms with van der Waals surface area (Å²) in [5.74, 6) is 6.33. The molecule has 9 heteroatoms. The summed E-state index contributed by atoms with van der Waals surface area (Å²) in [5.41, 5.74) is 1.17. The molecule has 0 aliphatic heterocycles. The quantitative estimate of drug-likeness (QED) is 0.535. The van der Waals surface area contributed by atoms with Crippen molar-refractivity contribution in [2.75, 3.05) is 16.9 Å². The van der Waals surface area contributed by atoms with E-state index in [9.17, 15) is 4.79 Å². The molecule has 3 aromatic rings. The standard InChI is InChI=1S/C15H13ClN6OS/c16-10-5-1-2-6-11(10)19-13(23)9-24-15-21-20-14(22(15)17)12-7-3-4-8-18-12/h1-8H,9,17H2,(H,19,23). The summed E-state index contributed by atoms with van der Waals surface area (Å²) < 4.78 is 1.32. The molecule has 0 spiro atoms. The lowest BCUT2D eigenvalue weighted by atomic mass is 10.3. The van der Waals surface area contributed by atoms with Gasteiger partial charge in [0.05, 0.1) is 16.5 Å². The maximum atomic E-state index is 12.0. The van der Waals surface area contributed by atoms with Gasteiger partial charge in [0.25, 0.3) is 0 Å². The number of rotatable bonds is 5. The van der Waals surface area contributed by atoms with Gasteiger partial charge < -0.3 is 11.2 Å². The molecule has 1 amide bonds. The van der Waals surface area contributed by atoms with E-state index in [2.05, 4.69) is 20.5 Å². The summed E-state index contributed by atoms with van der Waals surface area (Å²) in [5, 5.41) is 11.6. The number of benzene rings is 1. The van der Waals surface area contributed by atoms with E-state index in [1.54, 1.807) is 42.6 Å². The number of hydrogen-bond acceptors (Lipinski definition) is 6. The highest BCUT2D eigenvalue weighted by Crippen LogP contribution is 2.22. The van der Waals surface area contributed by atoms with Gasteiger partial charge in [0, 0.05) is 6.20 Å². The minimum absolute atomic E-state index is 0.128. The number of carbonyl (C=O) groups is 1. The van der Waals surface area contributed by atoms with Crippen molar-refractivity contribution < 1.29 is 4.79 Å². The molecule has 24 heavy (non-hydrogen) atoms. The molecule has 0 saturated carbocycles. The molecule has 122 valence electrons. The van der Waals surface area contributed by atoms with Crippen molar-refractivity contribution in [3.05, 3.63) is 53.7 Å². The summed E-state index contributed by atoms with van der Waals surface area (Å²) in [4.78, 5) is 16.2. The molecule has 0 aliphatic carbocycles. The van der Waals surface area contributed by atoms with Gasteiger partial charge in [0.1, 0.15) is 5.69 Å². The van der Waals surface area contributed by atoms with E-state index in [0.29, 0.717) is 27.4 Å². The molecule has 0 radical (unpaired) electrons. The molecule has 0 bridgehead atoms. The minimum Gasteiger partial charge on any atom is -0.335 e. The number of aromatic nitrogens is 4. The largest absolute Gasteiger partial charge is 0.335 e. The van der Waals surface area contributed by atoms with Crippen LogP contribution in [-0.4, -0.2) is 31.5 Å². The van der Waals surface area contributed by atoms with Crippen molar-refractivity contribution in [1.29, 1.82) is 0 Å². The van der Waals surface area contributed by atoms with Gasteiger partial charge in [-0.15, -0.1) is 10.2 Å². The molecule has 2 aromatic heterocycles. The fourth-order valence-electron chi connectivity index (χ4n) is 1.92. The van der Waals surface area contributed by atoms with Gasteiger partial charge in [0.2, 0.25) is 16.9 Å². The number of hydrogen-bond donors (Lipinski definition) is 2. The molecule has 0 saturated heterocycles. The van der Waals surface area contributed by atoms with Crippen molar-refractivity contribution in [1.82, 2.24) is 19.9 Å². The Morgan fingerprint density at radius 2 is 2.00 bits per heavy atom. The molecule has 0 aliphatic rings. The van der Waals surface area contributed by atoms with E-state index < -0.39 is 0 Å². The highest BCUT2D eigenvalue weighted by atomic mass is 35.5. The summed E-state index contributed by atoms with van der Waals surface area (Å²) in [6, 6.07) is 12.4. The number of amides is 1. The molecule has 7 nitrogen and oxygen atoms in total. The van der Waals surface area contributed by atoms with Gasteiger partial charge in [-0.3, -0.25) is 9.78 Å². The van der Waals surface area contributed by atoms with E-state index in [-0.39, 0.29) is 11.7 Å². The molecular weight excluding hydrogens is 348 g/mol. The number of anilines is 1. The Kier molecular flexibility index (Phi) is 4.97. The van der Waals surface area contributed by atoms with Gasteiger partial charge in [-0.25, -0.2) is 4.68 Å². The predicted octanol–water partition coefficient (Wildman–Crippen LogP) is 2.44. The molecule has 1 aromatic carbocycles. The van der Waals surface area contributed by atoms with Crippen molar-refractivity contribution in [3.8, 4) is 11.5 Å². The normalized spacial score (nSPS) is 10.5. The topological polar surface area (TPSA) is 98.7 Å². The second kappa shape index (κ2) is 7.33. The number of nitrogens with two attached hydrogens (primary N) is 1. The van der Waals surface area contributed by atoms with Crippen LogP contribution in [0.5, 0.6) is 0 Å². The number of halogens is 1. The first-order valence-electron chi connectivity index (χ1n) is 6.94. The van der Waals surface area contributed by atoms with E-state index in [0.717, 1.165) is 0 Å². The Hall–Kier alpha value is -2.58. The van der Waals surface area contributed by atoms with Gasteiger partial charge in [-0.05, 0) is 24.3 Å². The smallest absolute Gasteiger partial charge is 0.234 e. The first-order chi connectivity index (χ1) is 11.6. The Balaban J connectivity index is 1.64. The zero-order chi connectivity index (χ0) is 16.9. The van der Waals surface area contributed by atoms with Crippen LogP contribution in [0.4, 0.5) is 5.69 Å². The minimum atomic E-state index is -0.213. The average Bonchev–Trinajstić information content (AvgIpc) is 2.97. The maximum Gasteiger partial charge on any atom is 0.234 e. The number of carbonyl (C=O) groups excluding carboxylic acids is 1. The third-order valence-corrected chi connectivity index (χ3v) is 4.31.